The lowest BCUT2D eigenvalue weighted by molar-refractivity contribution is -0.124. The molecule has 0 saturated carbocycles. The van der Waals surface area contributed by atoms with Gasteiger partial charge in [-0.3, -0.25) is 19.8 Å². The second-order valence-corrected chi connectivity index (χ2v) is 5.75. The number of hydrogen-bond donors (Lipinski definition) is 3. The van der Waals surface area contributed by atoms with Crippen LogP contribution in [0.2, 0.25) is 0 Å². The largest absolute Gasteiger partial charge is 0.497 e. The fourth-order valence-electron chi connectivity index (χ4n) is 2.77. The zero-order valence-electron chi connectivity index (χ0n) is 14.5. The topological polar surface area (TPSA) is 99.8 Å². The SMILES string of the molecule is CCNC(=O)NC(=O)CN1CCC[C@H]1C(=O)Nc1ccc(OC)cc1. The van der Waals surface area contributed by atoms with Crippen molar-refractivity contribution in [2.45, 2.75) is 25.8 Å². The first-order valence-corrected chi connectivity index (χ1v) is 8.30. The van der Waals surface area contributed by atoms with E-state index in [2.05, 4.69) is 16.0 Å². The Morgan fingerprint density at radius 3 is 2.60 bits per heavy atom. The van der Waals surface area contributed by atoms with Crippen molar-refractivity contribution in [2.24, 2.45) is 0 Å². The molecule has 1 aromatic carbocycles. The first-order valence-electron chi connectivity index (χ1n) is 8.30. The summed E-state index contributed by atoms with van der Waals surface area (Å²) in [6.07, 6.45) is 1.51. The smallest absolute Gasteiger partial charge is 0.321 e. The first kappa shape index (κ1) is 18.7. The number of hydrogen-bond acceptors (Lipinski definition) is 5. The molecule has 1 fully saturated rings. The monoisotopic (exact) mass is 348 g/mol. The normalized spacial score (nSPS) is 17.0. The summed E-state index contributed by atoms with van der Waals surface area (Å²) in [4.78, 5) is 37.6. The third-order valence-electron chi connectivity index (χ3n) is 3.96. The molecule has 2 rings (SSSR count). The molecule has 1 aliphatic rings. The van der Waals surface area contributed by atoms with Gasteiger partial charge in [-0.05, 0) is 50.6 Å². The molecule has 1 atom stereocenters. The van der Waals surface area contributed by atoms with Crippen LogP contribution in [0.1, 0.15) is 19.8 Å². The van der Waals surface area contributed by atoms with Crippen molar-refractivity contribution in [1.29, 1.82) is 0 Å². The van der Waals surface area contributed by atoms with Gasteiger partial charge in [0.05, 0.1) is 19.7 Å². The minimum atomic E-state index is -0.522. The number of ether oxygens (including phenoxy) is 1. The van der Waals surface area contributed by atoms with Crippen molar-refractivity contribution < 1.29 is 19.1 Å². The molecule has 4 amide bonds. The molecule has 0 spiro atoms. The summed E-state index contributed by atoms with van der Waals surface area (Å²) in [5.41, 5.74) is 0.671. The van der Waals surface area contributed by atoms with Crippen LogP contribution in [0.3, 0.4) is 0 Å². The van der Waals surface area contributed by atoms with Crippen molar-refractivity contribution in [1.82, 2.24) is 15.5 Å². The van der Waals surface area contributed by atoms with Gasteiger partial charge in [0.1, 0.15) is 5.75 Å². The zero-order valence-corrected chi connectivity index (χ0v) is 14.5. The van der Waals surface area contributed by atoms with Crippen molar-refractivity contribution >= 4 is 23.5 Å². The maximum absolute atomic E-state index is 12.5. The van der Waals surface area contributed by atoms with Crippen LogP contribution in [-0.4, -0.2) is 55.5 Å². The fraction of sp³-hybridized carbons (Fsp3) is 0.471. The quantitative estimate of drug-likeness (QED) is 0.711. The van der Waals surface area contributed by atoms with E-state index in [1.54, 1.807) is 43.2 Å². The van der Waals surface area contributed by atoms with Gasteiger partial charge >= 0.3 is 6.03 Å². The standard InChI is InChI=1S/C17H24N4O4/c1-3-18-17(24)20-15(22)11-21-10-4-5-14(21)16(23)19-12-6-8-13(25-2)9-7-12/h6-9,14H,3-5,10-11H2,1-2H3,(H,19,23)(H2,18,20,22,24)/t14-/m0/s1. The van der Waals surface area contributed by atoms with Crippen molar-refractivity contribution in [3.8, 4) is 5.75 Å². The van der Waals surface area contributed by atoms with Crippen molar-refractivity contribution in [3.63, 3.8) is 0 Å². The van der Waals surface area contributed by atoms with E-state index in [1.165, 1.54) is 0 Å². The minimum Gasteiger partial charge on any atom is -0.497 e. The van der Waals surface area contributed by atoms with Gasteiger partial charge in [0.15, 0.2) is 0 Å². The molecule has 8 heteroatoms. The molecule has 25 heavy (non-hydrogen) atoms. The molecule has 0 aliphatic carbocycles. The molecular weight excluding hydrogens is 324 g/mol. The van der Waals surface area contributed by atoms with E-state index in [9.17, 15) is 14.4 Å². The summed E-state index contributed by atoms with van der Waals surface area (Å²) in [5, 5.41) is 7.60. The summed E-state index contributed by atoms with van der Waals surface area (Å²) in [5.74, 6) is 0.131. The highest BCUT2D eigenvalue weighted by molar-refractivity contribution is 5.97. The van der Waals surface area contributed by atoms with E-state index in [1.807, 2.05) is 0 Å². The van der Waals surface area contributed by atoms with Crippen LogP contribution in [0.4, 0.5) is 10.5 Å². The molecule has 3 N–H and O–H groups in total. The van der Waals surface area contributed by atoms with Crippen LogP contribution < -0.4 is 20.7 Å². The molecule has 1 heterocycles. The number of nitrogens with zero attached hydrogens (tertiary/aromatic N) is 1. The minimum absolute atomic E-state index is 0.0117. The number of carbonyl (C=O) groups excluding carboxylic acids is 3. The average Bonchev–Trinajstić information content (AvgIpc) is 3.03. The zero-order chi connectivity index (χ0) is 18.2. The van der Waals surface area contributed by atoms with Crippen LogP contribution in [0, 0.1) is 0 Å². The third kappa shape index (κ3) is 5.46. The average molecular weight is 348 g/mol. The van der Waals surface area contributed by atoms with E-state index in [0.29, 0.717) is 30.9 Å². The lowest BCUT2D eigenvalue weighted by Crippen LogP contribution is -2.48. The highest BCUT2D eigenvalue weighted by Crippen LogP contribution is 2.20. The van der Waals surface area contributed by atoms with Gasteiger partial charge in [0.2, 0.25) is 11.8 Å². The number of likely N-dealkylation sites (tertiary alicyclic amines) is 1. The van der Waals surface area contributed by atoms with Crippen molar-refractivity contribution in [2.75, 3.05) is 32.1 Å². The van der Waals surface area contributed by atoms with Gasteiger partial charge in [-0.2, -0.15) is 0 Å². The fourth-order valence-corrected chi connectivity index (χ4v) is 2.77. The number of benzene rings is 1. The number of methoxy groups -OCH3 is 1. The van der Waals surface area contributed by atoms with E-state index in [0.717, 1.165) is 6.42 Å². The molecule has 0 bridgehead atoms. The summed E-state index contributed by atoms with van der Waals surface area (Å²) in [6, 6.07) is 6.15. The van der Waals surface area contributed by atoms with Gasteiger partial charge in [-0.25, -0.2) is 4.79 Å². The summed E-state index contributed by atoms with van der Waals surface area (Å²) in [6.45, 7) is 2.86. The van der Waals surface area contributed by atoms with Gasteiger partial charge in [0.25, 0.3) is 0 Å². The maximum Gasteiger partial charge on any atom is 0.321 e. The Labute approximate surface area is 146 Å². The third-order valence-corrected chi connectivity index (χ3v) is 3.96. The molecule has 0 aromatic heterocycles. The van der Waals surface area contributed by atoms with Crippen molar-refractivity contribution in [3.05, 3.63) is 24.3 Å². The second kappa shape index (κ2) is 9.03. The highest BCUT2D eigenvalue weighted by Gasteiger charge is 2.32. The van der Waals surface area contributed by atoms with E-state index in [4.69, 9.17) is 4.74 Å². The Morgan fingerprint density at radius 2 is 1.96 bits per heavy atom. The van der Waals surface area contributed by atoms with Gasteiger partial charge in [-0.15, -0.1) is 0 Å². The molecule has 136 valence electrons. The van der Waals surface area contributed by atoms with Crippen LogP contribution >= 0.6 is 0 Å². The molecule has 0 radical (unpaired) electrons. The van der Waals surface area contributed by atoms with E-state index in [-0.39, 0.29) is 18.5 Å². The van der Waals surface area contributed by atoms with Crippen LogP contribution in [0.5, 0.6) is 5.75 Å². The molecule has 1 aromatic rings. The number of anilines is 1. The Morgan fingerprint density at radius 1 is 1.24 bits per heavy atom. The molecule has 8 nitrogen and oxygen atoms in total. The number of rotatable bonds is 6. The number of amides is 4. The van der Waals surface area contributed by atoms with E-state index >= 15 is 0 Å². The molecule has 1 aliphatic heterocycles. The number of carbonyl (C=O) groups is 3. The summed E-state index contributed by atoms with van der Waals surface area (Å²) in [7, 11) is 1.58. The molecular formula is C17H24N4O4. The lowest BCUT2D eigenvalue weighted by Gasteiger charge is -2.23. The van der Waals surface area contributed by atoms with Crippen LogP contribution in [0.15, 0.2) is 24.3 Å². The van der Waals surface area contributed by atoms with Gasteiger partial charge in [0, 0.05) is 12.2 Å². The second-order valence-electron chi connectivity index (χ2n) is 5.75. The van der Waals surface area contributed by atoms with Crippen LogP contribution in [0.25, 0.3) is 0 Å². The highest BCUT2D eigenvalue weighted by atomic mass is 16.5. The summed E-state index contributed by atoms with van der Waals surface area (Å²) < 4.78 is 5.09. The van der Waals surface area contributed by atoms with Gasteiger partial charge < -0.3 is 15.4 Å². The Hall–Kier alpha value is -2.61. The Balaban J connectivity index is 1.89. The molecule has 1 saturated heterocycles. The number of urea groups is 1. The Kier molecular flexibility index (Phi) is 6.76. The number of nitrogens with one attached hydrogen (secondary N) is 3. The van der Waals surface area contributed by atoms with Gasteiger partial charge in [-0.1, -0.05) is 0 Å². The summed E-state index contributed by atoms with van der Waals surface area (Å²) >= 11 is 0. The predicted molar refractivity (Wildman–Crippen MR) is 93.4 cm³/mol. The maximum atomic E-state index is 12.5. The van der Waals surface area contributed by atoms with E-state index < -0.39 is 11.9 Å². The Bertz CT molecular complexity index is 618. The first-order chi connectivity index (χ1) is 12.0. The number of imide groups is 1. The molecule has 0 unspecified atom stereocenters. The lowest BCUT2D eigenvalue weighted by atomic mass is 10.2. The van der Waals surface area contributed by atoms with Crippen LogP contribution in [-0.2, 0) is 9.59 Å². The predicted octanol–water partition coefficient (Wildman–Crippen LogP) is 0.944.